The zero-order valence-electron chi connectivity index (χ0n) is 9.38. The summed E-state index contributed by atoms with van der Waals surface area (Å²) in [6, 6.07) is 5.87. The van der Waals surface area contributed by atoms with Crippen LogP contribution in [0.2, 0.25) is 0 Å². The Hall–Kier alpha value is -0.550. The van der Waals surface area contributed by atoms with E-state index in [1.165, 1.54) is 0 Å². The molecular weight excluding hydrogens is 348 g/mol. The smallest absolute Gasteiger partial charge is 0.241 e. The molecule has 0 atom stereocenters. The highest BCUT2D eigenvalue weighted by Gasteiger charge is 2.17. The van der Waals surface area contributed by atoms with Gasteiger partial charge in [-0.1, -0.05) is 15.9 Å². The van der Waals surface area contributed by atoms with E-state index in [1.807, 2.05) is 23.1 Å². The molecule has 1 saturated heterocycles. The first-order valence-corrected chi connectivity index (χ1v) is 7.22. The van der Waals surface area contributed by atoms with E-state index in [4.69, 9.17) is 0 Å². The van der Waals surface area contributed by atoms with Crippen molar-refractivity contribution in [1.82, 2.24) is 4.90 Å². The number of carbonyl (C=O) groups is 1. The average molecular weight is 362 g/mol. The predicted molar refractivity (Wildman–Crippen MR) is 76.1 cm³/mol. The average Bonchev–Trinajstić information content (AvgIpc) is 2.83. The van der Waals surface area contributed by atoms with Crippen molar-refractivity contribution in [2.24, 2.45) is 0 Å². The highest BCUT2D eigenvalue weighted by Crippen LogP contribution is 2.26. The molecule has 0 aromatic heterocycles. The molecule has 17 heavy (non-hydrogen) atoms. The molecular formula is C12H14Br2N2O. The number of benzene rings is 1. The third-order valence-corrected chi connectivity index (χ3v) is 4.00. The molecule has 1 aliphatic rings. The van der Waals surface area contributed by atoms with E-state index >= 15 is 0 Å². The lowest BCUT2D eigenvalue weighted by Gasteiger charge is -2.16. The van der Waals surface area contributed by atoms with Gasteiger partial charge in [0.2, 0.25) is 5.91 Å². The second kappa shape index (κ2) is 5.87. The van der Waals surface area contributed by atoms with Gasteiger partial charge in [-0.2, -0.15) is 0 Å². The van der Waals surface area contributed by atoms with Gasteiger partial charge < -0.3 is 10.2 Å². The monoisotopic (exact) mass is 360 g/mol. The Morgan fingerprint density at radius 3 is 2.71 bits per heavy atom. The fourth-order valence-electron chi connectivity index (χ4n) is 1.88. The number of halogens is 2. The largest absolute Gasteiger partial charge is 0.375 e. The van der Waals surface area contributed by atoms with Gasteiger partial charge >= 0.3 is 0 Å². The number of hydrogen-bond acceptors (Lipinski definition) is 2. The van der Waals surface area contributed by atoms with E-state index < -0.39 is 0 Å². The lowest BCUT2D eigenvalue weighted by Crippen LogP contribution is -2.33. The lowest BCUT2D eigenvalue weighted by molar-refractivity contribution is -0.128. The maximum atomic E-state index is 11.9. The van der Waals surface area contributed by atoms with Gasteiger partial charge in [0.1, 0.15) is 0 Å². The summed E-state index contributed by atoms with van der Waals surface area (Å²) < 4.78 is 1.96. The Bertz CT molecular complexity index is 417. The van der Waals surface area contributed by atoms with Crippen LogP contribution < -0.4 is 5.32 Å². The standard InChI is InChI=1S/C12H14Br2N2O/c13-9-3-4-10(14)11(7-9)15-8-12(17)16-5-1-2-6-16/h3-4,7,15H,1-2,5-6,8H2. The summed E-state index contributed by atoms with van der Waals surface area (Å²) in [5, 5.41) is 3.16. The van der Waals surface area contributed by atoms with Crippen molar-refractivity contribution >= 4 is 43.5 Å². The number of hydrogen-bond donors (Lipinski definition) is 1. The number of amides is 1. The summed E-state index contributed by atoms with van der Waals surface area (Å²) in [7, 11) is 0. The van der Waals surface area contributed by atoms with Crippen LogP contribution in [0.5, 0.6) is 0 Å². The van der Waals surface area contributed by atoms with E-state index in [0.717, 1.165) is 40.6 Å². The molecule has 0 radical (unpaired) electrons. The molecule has 0 saturated carbocycles. The van der Waals surface area contributed by atoms with Crippen LogP contribution in [0.25, 0.3) is 0 Å². The van der Waals surface area contributed by atoms with Crippen molar-refractivity contribution in [2.45, 2.75) is 12.8 Å². The third-order valence-electron chi connectivity index (χ3n) is 2.82. The van der Waals surface area contributed by atoms with Crippen LogP contribution in [0.3, 0.4) is 0 Å². The summed E-state index contributed by atoms with van der Waals surface area (Å²) in [5.74, 6) is 0.175. The maximum absolute atomic E-state index is 11.9. The van der Waals surface area contributed by atoms with Gasteiger partial charge in [0.25, 0.3) is 0 Å². The maximum Gasteiger partial charge on any atom is 0.241 e. The lowest BCUT2D eigenvalue weighted by atomic mass is 10.3. The number of rotatable bonds is 3. The van der Waals surface area contributed by atoms with Crippen molar-refractivity contribution in [3.05, 3.63) is 27.1 Å². The van der Waals surface area contributed by atoms with E-state index in [0.29, 0.717) is 6.54 Å². The minimum Gasteiger partial charge on any atom is -0.375 e. The first-order valence-electron chi connectivity index (χ1n) is 5.63. The summed E-state index contributed by atoms with van der Waals surface area (Å²) in [4.78, 5) is 13.8. The van der Waals surface area contributed by atoms with Crippen LogP contribution in [-0.4, -0.2) is 30.4 Å². The van der Waals surface area contributed by atoms with Gasteiger partial charge in [0, 0.05) is 27.7 Å². The van der Waals surface area contributed by atoms with Crippen molar-refractivity contribution < 1.29 is 4.79 Å². The SMILES string of the molecule is O=C(CNc1cc(Br)ccc1Br)N1CCCC1. The molecule has 3 nitrogen and oxygen atoms in total. The van der Waals surface area contributed by atoms with E-state index in [9.17, 15) is 4.79 Å². The summed E-state index contributed by atoms with van der Waals surface area (Å²) in [6.07, 6.45) is 2.26. The molecule has 0 unspecified atom stereocenters. The van der Waals surface area contributed by atoms with E-state index in [-0.39, 0.29) is 5.91 Å². The molecule has 0 bridgehead atoms. The predicted octanol–water partition coefficient (Wildman–Crippen LogP) is 3.25. The molecule has 2 rings (SSSR count). The van der Waals surface area contributed by atoms with Crippen molar-refractivity contribution in [3.8, 4) is 0 Å². The Balaban J connectivity index is 1.92. The Labute approximate surface area is 118 Å². The van der Waals surface area contributed by atoms with Crippen LogP contribution in [0, 0.1) is 0 Å². The van der Waals surface area contributed by atoms with Crippen molar-refractivity contribution in [2.75, 3.05) is 25.0 Å². The van der Waals surface area contributed by atoms with Crippen LogP contribution >= 0.6 is 31.9 Å². The minimum absolute atomic E-state index is 0.175. The van der Waals surface area contributed by atoms with Crippen LogP contribution in [0.4, 0.5) is 5.69 Å². The normalized spacial score (nSPS) is 15.1. The van der Waals surface area contributed by atoms with Gasteiger partial charge in [0.05, 0.1) is 6.54 Å². The quantitative estimate of drug-likeness (QED) is 0.896. The molecule has 0 spiro atoms. The van der Waals surface area contributed by atoms with Crippen LogP contribution in [0.1, 0.15) is 12.8 Å². The summed E-state index contributed by atoms with van der Waals surface area (Å²) in [5.41, 5.74) is 0.937. The Morgan fingerprint density at radius 2 is 2.00 bits per heavy atom. The van der Waals surface area contributed by atoms with Gasteiger partial charge in [0.15, 0.2) is 0 Å². The molecule has 1 fully saturated rings. The van der Waals surface area contributed by atoms with Gasteiger partial charge in [-0.3, -0.25) is 4.79 Å². The first-order chi connectivity index (χ1) is 8.16. The second-order valence-electron chi connectivity index (χ2n) is 4.07. The zero-order chi connectivity index (χ0) is 12.3. The second-order valence-corrected chi connectivity index (χ2v) is 5.84. The molecule has 1 amide bonds. The van der Waals surface area contributed by atoms with Crippen molar-refractivity contribution in [3.63, 3.8) is 0 Å². The van der Waals surface area contributed by atoms with Gasteiger partial charge in [-0.05, 0) is 47.0 Å². The van der Waals surface area contributed by atoms with Crippen molar-refractivity contribution in [1.29, 1.82) is 0 Å². The first kappa shape index (κ1) is 12.9. The van der Waals surface area contributed by atoms with Crippen LogP contribution in [-0.2, 0) is 4.79 Å². The molecule has 92 valence electrons. The Kier molecular flexibility index (Phi) is 4.45. The molecule has 5 heteroatoms. The zero-order valence-corrected chi connectivity index (χ0v) is 12.6. The highest BCUT2D eigenvalue weighted by atomic mass is 79.9. The summed E-state index contributed by atoms with van der Waals surface area (Å²) >= 11 is 6.87. The molecule has 1 aromatic carbocycles. The molecule has 1 heterocycles. The fraction of sp³-hybridized carbons (Fsp3) is 0.417. The van der Waals surface area contributed by atoms with Crippen LogP contribution in [0.15, 0.2) is 27.1 Å². The van der Waals surface area contributed by atoms with E-state index in [1.54, 1.807) is 0 Å². The number of likely N-dealkylation sites (tertiary alicyclic amines) is 1. The van der Waals surface area contributed by atoms with Gasteiger partial charge in [-0.15, -0.1) is 0 Å². The topological polar surface area (TPSA) is 32.3 Å². The number of nitrogens with zero attached hydrogens (tertiary/aromatic N) is 1. The third kappa shape index (κ3) is 3.45. The molecule has 1 aliphatic heterocycles. The Morgan fingerprint density at radius 1 is 1.29 bits per heavy atom. The summed E-state index contributed by atoms with van der Waals surface area (Å²) in [6.45, 7) is 2.16. The number of nitrogens with one attached hydrogen (secondary N) is 1. The van der Waals surface area contributed by atoms with E-state index in [2.05, 4.69) is 37.2 Å². The fourth-order valence-corrected chi connectivity index (χ4v) is 2.63. The molecule has 1 aromatic rings. The highest BCUT2D eigenvalue weighted by molar-refractivity contribution is 9.11. The van der Waals surface area contributed by atoms with Gasteiger partial charge in [-0.25, -0.2) is 0 Å². The minimum atomic E-state index is 0.175. The molecule has 1 N–H and O–H groups in total. The number of carbonyl (C=O) groups excluding carboxylic acids is 1. The number of anilines is 1. The molecule has 0 aliphatic carbocycles.